The maximum atomic E-state index is 12.5. The van der Waals surface area contributed by atoms with Crippen molar-refractivity contribution < 1.29 is 9.53 Å². The number of rotatable bonds is 6. The molecular weight excluding hydrogens is 431 g/mol. The van der Waals surface area contributed by atoms with Gasteiger partial charge < -0.3 is 10.1 Å². The highest BCUT2D eigenvalue weighted by molar-refractivity contribution is 6.32. The Morgan fingerprint density at radius 1 is 1.10 bits per heavy atom. The molecule has 0 aliphatic rings. The van der Waals surface area contributed by atoms with Gasteiger partial charge in [0.05, 0.1) is 7.11 Å². The van der Waals surface area contributed by atoms with Gasteiger partial charge in [0.2, 0.25) is 0 Å². The number of hydrogen-bond donors (Lipinski definition) is 1. The van der Waals surface area contributed by atoms with Gasteiger partial charge in [-0.05, 0) is 54.5 Å². The molecule has 0 saturated heterocycles. The maximum Gasteiger partial charge on any atom is 0.266 e. The monoisotopic (exact) mass is 450 g/mol. The third-order valence-corrected chi connectivity index (χ3v) is 5.41. The molecule has 0 aliphatic heterocycles. The predicted molar refractivity (Wildman–Crippen MR) is 126 cm³/mol. The first kappa shape index (κ1) is 22.4. The van der Waals surface area contributed by atoms with Crippen molar-refractivity contribution in [2.75, 3.05) is 12.4 Å². The van der Waals surface area contributed by atoms with Crippen molar-refractivity contribution in [3.63, 3.8) is 0 Å². The minimum atomic E-state index is -0.499. The summed E-state index contributed by atoms with van der Waals surface area (Å²) in [5.74, 6) is 0.0523. The van der Waals surface area contributed by atoms with Gasteiger partial charge in [-0.25, -0.2) is 0 Å². The SMILES string of the molecule is COc1cc(/C=C(\C#N)C(=O)Nc2ccc(C)cc2)cc(Cl)c1Cc1ccccc1Cl. The van der Waals surface area contributed by atoms with Gasteiger partial charge >= 0.3 is 0 Å². The molecule has 0 fully saturated rings. The number of carbonyl (C=O) groups excluding carboxylic acids is 1. The molecule has 3 rings (SSSR count). The topological polar surface area (TPSA) is 62.1 Å². The molecule has 0 radical (unpaired) electrons. The highest BCUT2D eigenvalue weighted by Gasteiger charge is 2.14. The number of carbonyl (C=O) groups is 1. The Kier molecular flexibility index (Phi) is 7.36. The van der Waals surface area contributed by atoms with Gasteiger partial charge in [0, 0.05) is 27.7 Å². The minimum Gasteiger partial charge on any atom is -0.496 e. The summed E-state index contributed by atoms with van der Waals surface area (Å²) in [4.78, 5) is 12.5. The third kappa shape index (κ3) is 5.67. The fourth-order valence-corrected chi connectivity index (χ4v) is 3.54. The molecule has 1 N–H and O–H groups in total. The van der Waals surface area contributed by atoms with Crippen LogP contribution in [0.25, 0.3) is 6.08 Å². The summed E-state index contributed by atoms with van der Waals surface area (Å²) in [5.41, 5.74) is 3.92. The highest BCUT2D eigenvalue weighted by atomic mass is 35.5. The van der Waals surface area contributed by atoms with Gasteiger partial charge in [0.15, 0.2) is 0 Å². The van der Waals surface area contributed by atoms with Crippen LogP contribution < -0.4 is 10.1 Å². The second-order valence-corrected chi connectivity index (χ2v) is 7.76. The van der Waals surface area contributed by atoms with Crippen LogP contribution >= 0.6 is 23.2 Å². The molecule has 0 unspecified atom stereocenters. The van der Waals surface area contributed by atoms with E-state index in [1.165, 1.54) is 6.08 Å². The van der Waals surface area contributed by atoms with E-state index in [2.05, 4.69) is 5.32 Å². The first-order valence-corrected chi connectivity index (χ1v) is 10.3. The van der Waals surface area contributed by atoms with Crippen LogP contribution in [0.4, 0.5) is 5.69 Å². The average molecular weight is 451 g/mol. The molecule has 0 atom stereocenters. The van der Waals surface area contributed by atoms with E-state index in [0.29, 0.717) is 33.5 Å². The average Bonchev–Trinajstić information content (AvgIpc) is 2.76. The van der Waals surface area contributed by atoms with Crippen LogP contribution in [0.5, 0.6) is 5.75 Å². The number of hydrogen-bond acceptors (Lipinski definition) is 3. The van der Waals surface area contributed by atoms with E-state index < -0.39 is 5.91 Å². The first-order valence-electron chi connectivity index (χ1n) is 9.51. The molecule has 31 heavy (non-hydrogen) atoms. The zero-order valence-electron chi connectivity index (χ0n) is 17.1. The number of nitrogens with zero attached hydrogens (tertiary/aromatic N) is 1. The van der Waals surface area contributed by atoms with Gasteiger partial charge in [0.1, 0.15) is 17.4 Å². The molecule has 0 saturated carbocycles. The third-order valence-electron chi connectivity index (χ3n) is 4.71. The van der Waals surface area contributed by atoms with Gasteiger partial charge in [-0.1, -0.05) is 59.1 Å². The molecule has 3 aromatic rings. The Morgan fingerprint density at radius 3 is 2.45 bits per heavy atom. The highest BCUT2D eigenvalue weighted by Crippen LogP contribution is 2.33. The molecule has 0 heterocycles. The lowest BCUT2D eigenvalue weighted by atomic mass is 10.0. The van der Waals surface area contributed by atoms with E-state index in [1.807, 2.05) is 49.4 Å². The second-order valence-electron chi connectivity index (χ2n) is 6.94. The van der Waals surface area contributed by atoms with Crippen LogP contribution in [0.15, 0.2) is 66.2 Å². The van der Waals surface area contributed by atoms with Crippen molar-refractivity contribution in [3.8, 4) is 11.8 Å². The van der Waals surface area contributed by atoms with E-state index >= 15 is 0 Å². The number of halogens is 2. The normalized spacial score (nSPS) is 11.0. The summed E-state index contributed by atoms with van der Waals surface area (Å²) < 4.78 is 5.52. The van der Waals surface area contributed by atoms with Crippen molar-refractivity contribution in [1.29, 1.82) is 5.26 Å². The zero-order valence-corrected chi connectivity index (χ0v) is 18.6. The first-order chi connectivity index (χ1) is 14.9. The molecule has 0 bridgehead atoms. The van der Waals surface area contributed by atoms with E-state index in [4.69, 9.17) is 27.9 Å². The quantitative estimate of drug-likeness (QED) is 0.346. The fourth-order valence-electron chi connectivity index (χ4n) is 3.05. The standard InChI is InChI=1S/C25H20Cl2N2O2/c1-16-7-9-20(10-8-16)29-25(30)19(15-28)11-17-12-23(27)21(24(13-17)31-2)14-18-5-3-4-6-22(18)26/h3-13H,14H2,1-2H3,(H,29,30)/b19-11+. The van der Waals surface area contributed by atoms with Crippen LogP contribution in [-0.4, -0.2) is 13.0 Å². The van der Waals surface area contributed by atoms with E-state index in [-0.39, 0.29) is 5.57 Å². The van der Waals surface area contributed by atoms with Crippen LogP contribution in [0, 0.1) is 18.3 Å². The Morgan fingerprint density at radius 2 is 1.81 bits per heavy atom. The van der Waals surface area contributed by atoms with Crippen LogP contribution in [0.1, 0.15) is 22.3 Å². The smallest absolute Gasteiger partial charge is 0.266 e. The van der Waals surface area contributed by atoms with Crippen molar-refractivity contribution in [1.82, 2.24) is 0 Å². The Hall–Kier alpha value is -3.26. The summed E-state index contributed by atoms with van der Waals surface area (Å²) >= 11 is 12.8. The molecule has 1 amide bonds. The number of benzene rings is 3. The molecule has 0 spiro atoms. The minimum absolute atomic E-state index is 0.0439. The van der Waals surface area contributed by atoms with Crippen molar-refractivity contribution in [3.05, 3.63) is 98.5 Å². The Bertz CT molecular complexity index is 1180. The molecule has 6 heteroatoms. The number of ether oxygens (including phenoxy) is 1. The van der Waals surface area contributed by atoms with Gasteiger partial charge in [-0.2, -0.15) is 5.26 Å². The van der Waals surface area contributed by atoms with Crippen molar-refractivity contribution >= 4 is 40.9 Å². The number of nitriles is 1. The molecule has 0 aliphatic carbocycles. The van der Waals surface area contributed by atoms with Crippen molar-refractivity contribution in [2.24, 2.45) is 0 Å². The maximum absolute atomic E-state index is 12.5. The largest absolute Gasteiger partial charge is 0.496 e. The molecule has 0 aromatic heterocycles. The number of methoxy groups -OCH3 is 1. The molecule has 4 nitrogen and oxygen atoms in total. The second kappa shape index (κ2) is 10.2. The van der Waals surface area contributed by atoms with E-state index in [1.54, 1.807) is 31.4 Å². The number of aryl methyl sites for hydroxylation is 1. The lowest BCUT2D eigenvalue weighted by Crippen LogP contribution is -2.13. The summed E-state index contributed by atoms with van der Waals surface area (Å²) in [5, 5.41) is 13.3. The van der Waals surface area contributed by atoms with Gasteiger partial charge in [0.25, 0.3) is 5.91 Å². The zero-order chi connectivity index (χ0) is 22.4. The summed E-state index contributed by atoms with van der Waals surface area (Å²) in [7, 11) is 1.55. The summed E-state index contributed by atoms with van der Waals surface area (Å²) in [6.07, 6.45) is 1.97. The summed E-state index contributed by atoms with van der Waals surface area (Å²) in [6, 6.07) is 20.2. The number of nitrogens with one attached hydrogen (secondary N) is 1. The van der Waals surface area contributed by atoms with Crippen LogP contribution in [0.2, 0.25) is 10.0 Å². The Labute approximate surface area is 191 Å². The Balaban J connectivity index is 1.89. The van der Waals surface area contributed by atoms with Crippen LogP contribution in [-0.2, 0) is 11.2 Å². The molecule has 156 valence electrons. The fraction of sp³-hybridized carbons (Fsp3) is 0.120. The molecular formula is C25H20Cl2N2O2. The number of anilines is 1. The number of amides is 1. The molecule has 3 aromatic carbocycles. The van der Waals surface area contributed by atoms with Gasteiger partial charge in [-0.3, -0.25) is 4.79 Å². The lowest BCUT2D eigenvalue weighted by molar-refractivity contribution is -0.112. The van der Waals surface area contributed by atoms with Crippen LogP contribution in [0.3, 0.4) is 0 Å². The van der Waals surface area contributed by atoms with Gasteiger partial charge in [-0.15, -0.1) is 0 Å². The van der Waals surface area contributed by atoms with E-state index in [0.717, 1.165) is 16.7 Å². The summed E-state index contributed by atoms with van der Waals surface area (Å²) in [6.45, 7) is 1.96. The lowest BCUT2D eigenvalue weighted by Gasteiger charge is -2.13. The predicted octanol–water partition coefficient (Wildman–Crippen LogP) is 6.45. The van der Waals surface area contributed by atoms with Crippen molar-refractivity contribution in [2.45, 2.75) is 13.3 Å². The van der Waals surface area contributed by atoms with E-state index in [9.17, 15) is 10.1 Å².